The molecule has 7 heteroatoms. The molecular formula is C11H16N2O5. The minimum atomic E-state index is -0.544. The first-order valence-corrected chi connectivity index (χ1v) is 6.19. The molecule has 0 aromatic carbocycles. The number of hydrogen-bond acceptors (Lipinski definition) is 5. The average Bonchev–Trinajstić information content (AvgIpc) is 3.00. The molecule has 2 amide bonds. The molecule has 1 N–H and O–H groups in total. The molecule has 18 heavy (non-hydrogen) atoms. The Hall–Kier alpha value is -1.34. The first-order valence-electron chi connectivity index (χ1n) is 6.19. The van der Waals surface area contributed by atoms with Gasteiger partial charge in [-0.2, -0.15) is 0 Å². The van der Waals surface area contributed by atoms with Gasteiger partial charge in [-0.05, 0) is 0 Å². The summed E-state index contributed by atoms with van der Waals surface area (Å²) in [6.45, 7) is 2.55. The standard InChI is InChI=1S/C11H16N2O5/c14-9(8-7-16-10(15)12-8)13-3-1-11(2-4-13)17-5-6-18-11/h8H,1-7H2,(H,12,15). The summed E-state index contributed by atoms with van der Waals surface area (Å²) in [5.74, 6) is -0.569. The van der Waals surface area contributed by atoms with Crippen LogP contribution in [0.4, 0.5) is 4.79 Å². The Morgan fingerprint density at radius 3 is 2.50 bits per heavy atom. The van der Waals surface area contributed by atoms with Gasteiger partial charge in [-0.3, -0.25) is 4.79 Å². The minimum absolute atomic E-state index is 0.0892. The van der Waals surface area contributed by atoms with Crippen molar-refractivity contribution in [3.63, 3.8) is 0 Å². The molecule has 0 saturated carbocycles. The van der Waals surface area contributed by atoms with Crippen LogP contribution in [0.15, 0.2) is 0 Å². The van der Waals surface area contributed by atoms with Gasteiger partial charge in [0.1, 0.15) is 12.6 Å². The Kier molecular flexibility index (Phi) is 2.87. The Morgan fingerprint density at radius 1 is 1.28 bits per heavy atom. The topological polar surface area (TPSA) is 77.1 Å². The van der Waals surface area contributed by atoms with Gasteiger partial charge in [0.15, 0.2) is 5.79 Å². The third-order valence-corrected chi connectivity index (χ3v) is 3.62. The lowest BCUT2D eigenvalue weighted by Gasteiger charge is -2.38. The minimum Gasteiger partial charge on any atom is -0.447 e. The number of rotatable bonds is 1. The molecule has 100 valence electrons. The van der Waals surface area contributed by atoms with Crippen molar-refractivity contribution < 1.29 is 23.8 Å². The van der Waals surface area contributed by atoms with Crippen LogP contribution in [0.3, 0.4) is 0 Å². The maximum Gasteiger partial charge on any atom is 0.407 e. The molecule has 0 aromatic rings. The third kappa shape index (κ3) is 2.04. The highest BCUT2D eigenvalue weighted by molar-refractivity contribution is 5.87. The van der Waals surface area contributed by atoms with E-state index in [4.69, 9.17) is 14.2 Å². The fraction of sp³-hybridized carbons (Fsp3) is 0.818. The molecule has 1 spiro atoms. The number of carbonyl (C=O) groups excluding carboxylic acids is 2. The number of cyclic esters (lactones) is 1. The van der Waals surface area contributed by atoms with Gasteiger partial charge in [0.25, 0.3) is 0 Å². The van der Waals surface area contributed by atoms with Gasteiger partial charge in [0, 0.05) is 25.9 Å². The van der Waals surface area contributed by atoms with Crippen molar-refractivity contribution in [3.8, 4) is 0 Å². The number of nitrogens with zero attached hydrogens (tertiary/aromatic N) is 1. The predicted molar refractivity (Wildman–Crippen MR) is 58.7 cm³/mol. The number of hydrogen-bond donors (Lipinski definition) is 1. The molecule has 0 bridgehead atoms. The van der Waals surface area contributed by atoms with E-state index in [-0.39, 0.29) is 12.5 Å². The zero-order valence-electron chi connectivity index (χ0n) is 10.0. The van der Waals surface area contributed by atoms with Crippen molar-refractivity contribution in [2.45, 2.75) is 24.7 Å². The second kappa shape index (κ2) is 4.40. The van der Waals surface area contributed by atoms with E-state index in [9.17, 15) is 9.59 Å². The maximum atomic E-state index is 12.1. The number of likely N-dealkylation sites (tertiary alicyclic amines) is 1. The Morgan fingerprint density at radius 2 is 1.94 bits per heavy atom. The van der Waals surface area contributed by atoms with Crippen molar-refractivity contribution in [3.05, 3.63) is 0 Å². The molecule has 1 atom stereocenters. The molecule has 3 saturated heterocycles. The van der Waals surface area contributed by atoms with Crippen molar-refractivity contribution in [2.24, 2.45) is 0 Å². The summed E-state index contributed by atoms with van der Waals surface area (Å²) in [7, 11) is 0. The van der Waals surface area contributed by atoms with Crippen molar-refractivity contribution in [1.29, 1.82) is 0 Å². The highest BCUT2D eigenvalue weighted by atomic mass is 16.7. The number of carbonyl (C=O) groups is 2. The van der Waals surface area contributed by atoms with Gasteiger partial charge in [-0.15, -0.1) is 0 Å². The van der Waals surface area contributed by atoms with Gasteiger partial charge < -0.3 is 24.4 Å². The van der Waals surface area contributed by atoms with E-state index >= 15 is 0 Å². The SMILES string of the molecule is O=C1NC(C(=O)N2CCC3(CC2)OCCO3)CO1. The van der Waals surface area contributed by atoms with Crippen molar-refractivity contribution in [1.82, 2.24) is 10.2 Å². The lowest BCUT2D eigenvalue weighted by Crippen LogP contribution is -2.52. The van der Waals surface area contributed by atoms with E-state index in [1.54, 1.807) is 4.90 Å². The summed E-state index contributed by atoms with van der Waals surface area (Å²) >= 11 is 0. The van der Waals surface area contributed by atoms with Crippen LogP contribution in [-0.4, -0.2) is 61.6 Å². The second-order valence-electron chi connectivity index (χ2n) is 4.73. The number of piperidine rings is 1. The van der Waals surface area contributed by atoms with Crippen LogP contribution in [0.5, 0.6) is 0 Å². The van der Waals surface area contributed by atoms with Crippen LogP contribution in [0, 0.1) is 0 Å². The summed E-state index contributed by atoms with van der Waals surface area (Å²) in [6, 6.07) is -0.544. The fourth-order valence-electron chi connectivity index (χ4n) is 2.59. The summed E-state index contributed by atoms with van der Waals surface area (Å²) in [6.07, 6.45) is 0.838. The van der Waals surface area contributed by atoms with Crippen LogP contribution in [0.25, 0.3) is 0 Å². The first-order chi connectivity index (χ1) is 8.69. The van der Waals surface area contributed by atoms with Gasteiger partial charge in [-0.25, -0.2) is 4.79 Å². The summed E-state index contributed by atoms with van der Waals surface area (Å²) in [5.41, 5.74) is 0. The Balaban J connectivity index is 1.56. The zero-order valence-corrected chi connectivity index (χ0v) is 10.0. The molecule has 3 aliphatic heterocycles. The fourth-order valence-corrected chi connectivity index (χ4v) is 2.59. The normalized spacial score (nSPS) is 30.3. The van der Waals surface area contributed by atoms with Gasteiger partial charge in [-0.1, -0.05) is 0 Å². The van der Waals surface area contributed by atoms with Crippen molar-refractivity contribution in [2.75, 3.05) is 32.9 Å². The van der Waals surface area contributed by atoms with Crippen LogP contribution in [0.2, 0.25) is 0 Å². The van der Waals surface area contributed by atoms with Crippen LogP contribution in [-0.2, 0) is 19.0 Å². The van der Waals surface area contributed by atoms with E-state index in [1.807, 2.05) is 0 Å². The smallest absolute Gasteiger partial charge is 0.407 e. The van der Waals surface area contributed by atoms with Gasteiger partial charge in [0.2, 0.25) is 5.91 Å². The molecule has 3 fully saturated rings. The summed E-state index contributed by atoms with van der Waals surface area (Å²) in [4.78, 5) is 24.7. The van der Waals surface area contributed by atoms with E-state index in [0.29, 0.717) is 39.1 Å². The molecule has 0 radical (unpaired) electrons. The molecule has 0 aliphatic carbocycles. The molecule has 0 aromatic heterocycles. The molecule has 7 nitrogen and oxygen atoms in total. The molecule has 3 heterocycles. The van der Waals surface area contributed by atoms with Gasteiger partial charge in [0.05, 0.1) is 13.2 Å². The monoisotopic (exact) mass is 256 g/mol. The van der Waals surface area contributed by atoms with Crippen LogP contribution in [0.1, 0.15) is 12.8 Å². The second-order valence-corrected chi connectivity index (χ2v) is 4.73. The largest absolute Gasteiger partial charge is 0.447 e. The highest BCUT2D eigenvalue weighted by Gasteiger charge is 2.42. The van der Waals surface area contributed by atoms with Crippen molar-refractivity contribution >= 4 is 12.0 Å². The first kappa shape index (κ1) is 11.7. The third-order valence-electron chi connectivity index (χ3n) is 3.62. The highest BCUT2D eigenvalue weighted by Crippen LogP contribution is 2.31. The quantitative estimate of drug-likeness (QED) is 0.682. The number of nitrogens with one attached hydrogen (secondary N) is 1. The summed E-state index contributed by atoms with van der Waals surface area (Å²) in [5, 5.41) is 2.50. The van der Waals surface area contributed by atoms with Crippen LogP contribution >= 0.6 is 0 Å². The molecular weight excluding hydrogens is 240 g/mol. The molecule has 1 unspecified atom stereocenters. The predicted octanol–water partition coefficient (Wildman–Crippen LogP) is -0.540. The number of ether oxygens (including phenoxy) is 3. The Bertz CT molecular complexity index is 356. The molecule has 3 aliphatic rings. The van der Waals surface area contributed by atoms with Gasteiger partial charge >= 0.3 is 6.09 Å². The average molecular weight is 256 g/mol. The van der Waals surface area contributed by atoms with Crippen LogP contribution < -0.4 is 5.32 Å². The summed E-state index contributed by atoms with van der Waals surface area (Å²) < 4.78 is 15.9. The van der Waals surface area contributed by atoms with E-state index < -0.39 is 17.9 Å². The number of alkyl carbamates (subject to hydrolysis) is 1. The lowest BCUT2D eigenvalue weighted by atomic mass is 10.0. The maximum absolute atomic E-state index is 12.1. The van der Waals surface area contributed by atoms with E-state index in [2.05, 4.69) is 5.32 Å². The lowest BCUT2D eigenvalue weighted by molar-refractivity contribution is -0.187. The number of amides is 2. The van der Waals surface area contributed by atoms with E-state index in [0.717, 1.165) is 0 Å². The Labute approximate surface area is 104 Å². The molecule has 3 rings (SSSR count). The zero-order chi connectivity index (χ0) is 12.6. The van der Waals surface area contributed by atoms with E-state index in [1.165, 1.54) is 0 Å².